The second kappa shape index (κ2) is 8.91. The number of ether oxygens (including phenoxy) is 1. The van der Waals surface area contributed by atoms with E-state index in [2.05, 4.69) is 23.2 Å². The molecule has 6 heteroatoms. The largest absolute Gasteiger partial charge is 0.471 e. The highest BCUT2D eigenvalue weighted by molar-refractivity contribution is 7.19. The summed E-state index contributed by atoms with van der Waals surface area (Å²) in [5, 5.41) is 4.73. The van der Waals surface area contributed by atoms with Gasteiger partial charge in [0.2, 0.25) is 5.88 Å². The zero-order valence-corrected chi connectivity index (χ0v) is 16.9. The fraction of sp³-hybridized carbons (Fsp3) is 0.381. The third-order valence-corrected chi connectivity index (χ3v) is 6.14. The van der Waals surface area contributed by atoms with Gasteiger partial charge in [0.15, 0.2) is 0 Å². The predicted octanol–water partition coefficient (Wildman–Crippen LogP) is 5.33. The molecule has 4 rings (SSSR count). The van der Waals surface area contributed by atoms with E-state index in [1.807, 2.05) is 35.0 Å². The van der Waals surface area contributed by atoms with Gasteiger partial charge in [-0.2, -0.15) is 0 Å². The second-order valence-corrected chi connectivity index (χ2v) is 8.61. The molecule has 1 fully saturated rings. The summed E-state index contributed by atoms with van der Waals surface area (Å²) in [5.74, 6) is 0.677. The molecule has 0 atom stereocenters. The first-order chi connectivity index (χ1) is 13.3. The summed E-state index contributed by atoms with van der Waals surface area (Å²) >= 11 is 7.71. The number of hydrogen-bond acceptors (Lipinski definition) is 4. The van der Waals surface area contributed by atoms with Crippen molar-refractivity contribution in [3.05, 3.63) is 58.6 Å². The molecular weight excluding hydrogens is 378 g/mol. The Labute approximate surface area is 169 Å². The molecule has 3 aromatic rings. The highest BCUT2D eigenvalue weighted by Crippen LogP contribution is 2.36. The van der Waals surface area contributed by atoms with Crippen LogP contribution in [0.15, 0.2) is 48.7 Å². The van der Waals surface area contributed by atoms with E-state index in [4.69, 9.17) is 21.4 Å². The summed E-state index contributed by atoms with van der Waals surface area (Å²) in [6.45, 7) is 4.82. The summed E-state index contributed by atoms with van der Waals surface area (Å²) in [6, 6.07) is 14.1. The summed E-state index contributed by atoms with van der Waals surface area (Å²) in [4.78, 5) is 3.62. The summed E-state index contributed by atoms with van der Waals surface area (Å²) in [7, 11) is 0. The fourth-order valence-corrected chi connectivity index (χ4v) is 4.45. The molecule has 3 heterocycles. The van der Waals surface area contributed by atoms with Crippen LogP contribution < -0.4 is 4.74 Å². The van der Waals surface area contributed by atoms with Crippen molar-refractivity contribution in [1.29, 1.82) is 0 Å². The van der Waals surface area contributed by atoms with E-state index < -0.39 is 0 Å². The van der Waals surface area contributed by atoms with E-state index in [1.54, 1.807) is 11.3 Å². The van der Waals surface area contributed by atoms with E-state index in [1.165, 1.54) is 32.4 Å². The standard InChI is InChI=1S/C21H24ClN3OS/c22-20-10-9-19(27-20)18-15-25(14-13-24-11-5-2-6-12-24)23-21(18)26-16-17-7-3-1-4-8-17/h1,3-4,7-10,15H,2,5-6,11-14,16H2. The highest BCUT2D eigenvalue weighted by Gasteiger charge is 2.16. The molecule has 1 aromatic carbocycles. The SMILES string of the molecule is Clc1ccc(-c2cn(CCN3CCCCC3)nc2OCc2ccccc2)s1. The number of rotatable bonds is 7. The van der Waals surface area contributed by atoms with Gasteiger partial charge >= 0.3 is 0 Å². The zero-order chi connectivity index (χ0) is 18.5. The Balaban J connectivity index is 1.49. The topological polar surface area (TPSA) is 30.3 Å². The van der Waals surface area contributed by atoms with Crippen LogP contribution in [0.1, 0.15) is 24.8 Å². The first-order valence-corrected chi connectivity index (χ1v) is 10.7. The van der Waals surface area contributed by atoms with Crippen LogP contribution in [0.25, 0.3) is 10.4 Å². The second-order valence-electron chi connectivity index (χ2n) is 6.89. The molecule has 0 aliphatic carbocycles. The molecule has 142 valence electrons. The third kappa shape index (κ3) is 4.92. The van der Waals surface area contributed by atoms with E-state index in [-0.39, 0.29) is 0 Å². The minimum atomic E-state index is 0.510. The van der Waals surface area contributed by atoms with Gasteiger partial charge in [-0.25, -0.2) is 0 Å². The molecule has 0 spiro atoms. The molecule has 1 aliphatic rings. The fourth-order valence-electron chi connectivity index (χ4n) is 3.41. The van der Waals surface area contributed by atoms with Gasteiger partial charge in [0, 0.05) is 17.6 Å². The summed E-state index contributed by atoms with van der Waals surface area (Å²) < 4.78 is 8.87. The van der Waals surface area contributed by atoms with Crippen molar-refractivity contribution >= 4 is 22.9 Å². The van der Waals surface area contributed by atoms with Crippen molar-refractivity contribution < 1.29 is 4.74 Å². The van der Waals surface area contributed by atoms with E-state index in [0.717, 1.165) is 33.4 Å². The van der Waals surface area contributed by atoms with Crippen molar-refractivity contribution in [2.75, 3.05) is 19.6 Å². The van der Waals surface area contributed by atoms with E-state index in [9.17, 15) is 0 Å². The van der Waals surface area contributed by atoms with Crippen LogP contribution in [-0.2, 0) is 13.2 Å². The van der Waals surface area contributed by atoms with Crippen molar-refractivity contribution in [1.82, 2.24) is 14.7 Å². The first-order valence-electron chi connectivity index (χ1n) is 9.50. The first kappa shape index (κ1) is 18.5. The van der Waals surface area contributed by atoms with Crippen molar-refractivity contribution in [2.45, 2.75) is 32.4 Å². The van der Waals surface area contributed by atoms with Crippen molar-refractivity contribution in [3.63, 3.8) is 0 Å². The minimum absolute atomic E-state index is 0.510. The molecule has 27 heavy (non-hydrogen) atoms. The molecule has 1 aliphatic heterocycles. The van der Waals surface area contributed by atoms with Gasteiger partial charge in [0.25, 0.3) is 0 Å². The van der Waals surface area contributed by atoms with E-state index >= 15 is 0 Å². The Bertz CT molecular complexity index is 855. The van der Waals surface area contributed by atoms with Gasteiger partial charge in [0.1, 0.15) is 6.61 Å². The number of thiophene rings is 1. The number of nitrogens with zero attached hydrogens (tertiary/aromatic N) is 3. The van der Waals surface area contributed by atoms with Crippen molar-refractivity contribution in [2.24, 2.45) is 0 Å². The number of aromatic nitrogens is 2. The average Bonchev–Trinajstić information content (AvgIpc) is 3.32. The van der Waals surface area contributed by atoms with Crippen LogP contribution in [0.4, 0.5) is 0 Å². The maximum Gasteiger partial charge on any atom is 0.241 e. The van der Waals surface area contributed by atoms with Gasteiger partial charge < -0.3 is 9.64 Å². The predicted molar refractivity (Wildman–Crippen MR) is 112 cm³/mol. The van der Waals surface area contributed by atoms with Gasteiger partial charge in [-0.15, -0.1) is 16.4 Å². The van der Waals surface area contributed by atoms with Crippen LogP contribution in [0.5, 0.6) is 5.88 Å². The van der Waals surface area contributed by atoms with Crippen LogP contribution >= 0.6 is 22.9 Å². The number of benzene rings is 1. The lowest BCUT2D eigenvalue weighted by molar-refractivity contribution is 0.216. The average molecular weight is 402 g/mol. The van der Waals surface area contributed by atoms with Crippen LogP contribution in [0.3, 0.4) is 0 Å². The monoisotopic (exact) mass is 401 g/mol. The molecule has 4 nitrogen and oxygen atoms in total. The zero-order valence-electron chi connectivity index (χ0n) is 15.3. The van der Waals surface area contributed by atoms with Gasteiger partial charge in [-0.1, -0.05) is 48.4 Å². The number of likely N-dealkylation sites (tertiary alicyclic amines) is 1. The van der Waals surface area contributed by atoms with Gasteiger partial charge in [-0.3, -0.25) is 4.68 Å². The summed E-state index contributed by atoms with van der Waals surface area (Å²) in [5.41, 5.74) is 2.15. The van der Waals surface area contributed by atoms with Gasteiger partial charge in [0.05, 0.1) is 16.4 Å². The molecule has 0 radical (unpaired) electrons. The molecule has 1 saturated heterocycles. The molecule has 2 aromatic heterocycles. The number of halogens is 1. The summed E-state index contributed by atoms with van der Waals surface area (Å²) in [6.07, 6.45) is 6.07. The lowest BCUT2D eigenvalue weighted by Crippen LogP contribution is -2.32. The van der Waals surface area contributed by atoms with E-state index in [0.29, 0.717) is 12.5 Å². The number of hydrogen-bond donors (Lipinski definition) is 0. The van der Waals surface area contributed by atoms with Crippen molar-refractivity contribution in [3.8, 4) is 16.3 Å². The van der Waals surface area contributed by atoms with Crippen LogP contribution in [0, 0.1) is 0 Å². The Morgan fingerprint density at radius 2 is 1.81 bits per heavy atom. The maximum absolute atomic E-state index is 6.15. The lowest BCUT2D eigenvalue weighted by atomic mass is 10.1. The normalized spacial score (nSPS) is 15.1. The van der Waals surface area contributed by atoms with Crippen LogP contribution in [-0.4, -0.2) is 34.3 Å². The molecule has 0 amide bonds. The Hall–Kier alpha value is -1.82. The minimum Gasteiger partial charge on any atom is -0.471 e. The van der Waals surface area contributed by atoms with Gasteiger partial charge in [-0.05, 0) is 43.6 Å². The quantitative estimate of drug-likeness (QED) is 0.536. The molecule has 0 unspecified atom stereocenters. The molecular formula is C21H24ClN3OS. The smallest absolute Gasteiger partial charge is 0.241 e. The third-order valence-electron chi connectivity index (χ3n) is 4.88. The molecule has 0 saturated carbocycles. The Morgan fingerprint density at radius 3 is 2.56 bits per heavy atom. The molecule has 0 bridgehead atoms. The Kier molecular flexibility index (Phi) is 6.12. The lowest BCUT2D eigenvalue weighted by Gasteiger charge is -2.26. The number of piperidine rings is 1. The molecule has 0 N–H and O–H groups in total. The Morgan fingerprint density at radius 1 is 1.00 bits per heavy atom. The highest BCUT2D eigenvalue weighted by atomic mass is 35.5. The maximum atomic E-state index is 6.15. The van der Waals surface area contributed by atoms with Crippen LogP contribution in [0.2, 0.25) is 4.34 Å².